The lowest BCUT2D eigenvalue weighted by Gasteiger charge is -2.39. The van der Waals surface area contributed by atoms with Crippen LogP contribution in [0.4, 0.5) is 0 Å². The number of likely N-dealkylation sites (tertiary alicyclic amines) is 1. The monoisotopic (exact) mass is 536 g/mol. The molecule has 1 saturated heterocycles. The smallest absolute Gasteiger partial charge is 0.161 e. The van der Waals surface area contributed by atoms with E-state index in [2.05, 4.69) is 113 Å². The average molecular weight is 537 g/mol. The van der Waals surface area contributed by atoms with E-state index >= 15 is 0 Å². The number of hydrogen-bond acceptors (Lipinski definition) is 5. The quantitative estimate of drug-likeness (QED) is 0.192. The lowest BCUT2D eigenvalue weighted by Crippen LogP contribution is -2.44. The van der Waals surface area contributed by atoms with Crippen LogP contribution in [0, 0.1) is 5.92 Å². The molecule has 7 nitrogen and oxygen atoms in total. The van der Waals surface area contributed by atoms with Crippen LogP contribution in [0.15, 0.2) is 54.6 Å². The summed E-state index contributed by atoms with van der Waals surface area (Å²) in [6.45, 7) is 10.9. The minimum Gasteiger partial charge on any atom is -0.494 e. The zero-order valence-corrected chi connectivity index (χ0v) is 24.1. The van der Waals surface area contributed by atoms with Gasteiger partial charge in [0.15, 0.2) is 5.82 Å². The van der Waals surface area contributed by atoms with Gasteiger partial charge in [-0.05, 0) is 86.2 Å². The Kier molecular flexibility index (Phi) is 7.57. The van der Waals surface area contributed by atoms with Gasteiger partial charge in [0.05, 0.1) is 17.8 Å². The van der Waals surface area contributed by atoms with Gasteiger partial charge in [0, 0.05) is 41.6 Å². The molecule has 208 valence electrons. The van der Waals surface area contributed by atoms with Gasteiger partial charge in [-0.15, -0.1) is 10.2 Å². The molecule has 1 aliphatic rings. The predicted molar refractivity (Wildman–Crippen MR) is 163 cm³/mol. The molecule has 0 saturated carbocycles. The Balaban J connectivity index is 1.16. The molecule has 0 bridgehead atoms. The van der Waals surface area contributed by atoms with Crippen molar-refractivity contribution in [2.24, 2.45) is 5.92 Å². The van der Waals surface area contributed by atoms with E-state index in [9.17, 15) is 0 Å². The second-order valence-corrected chi connectivity index (χ2v) is 11.8. The van der Waals surface area contributed by atoms with Crippen molar-refractivity contribution in [2.45, 2.75) is 71.9 Å². The van der Waals surface area contributed by atoms with Crippen LogP contribution < -0.4 is 4.74 Å². The standard InChI is InChI=1S/C33H40N6O/c1-21(2)17-31-34-33(38-36-31)27-12-14-30-29(20-27)32(37-35-30)26-10-9-25-19-28(13-11-24(25)18-26)40-16-6-15-39-22(3)7-5-8-23(39)4/h9-14,18-23H,5-8,15-17H2,1-4H3,(H,35,37)(H,34,36,38). The topological polar surface area (TPSA) is 82.7 Å². The molecule has 2 unspecified atom stereocenters. The largest absolute Gasteiger partial charge is 0.494 e. The van der Waals surface area contributed by atoms with Gasteiger partial charge >= 0.3 is 0 Å². The van der Waals surface area contributed by atoms with E-state index in [0.717, 1.165) is 71.1 Å². The Morgan fingerprint density at radius 1 is 0.925 bits per heavy atom. The molecule has 0 spiro atoms. The highest BCUT2D eigenvalue weighted by Crippen LogP contribution is 2.32. The average Bonchev–Trinajstić information content (AvgIpc) is 3.58. The summed E-state index contributed by atoms with van der Waals surface area (Å²) in [5.41, 5.74) is 4.01. The highest BCUT2D eigenvalue weighted by molar-refractivity contribution is 5.97. The van der Waals surface area contributed by atoms with Crippen LogP contribution in [0.2, 0.25) is 0 Å². The lowest BCUT2D eigenvalue weighted by atomic mass is 9.97. The molecule has 6 rings (SSSR count). The number of nitrogens with zero attached hydrogens (tertiary/aromatic N) is 4. The first kappa shape index (κ1) is 26.5. The van der Waals surface area contributed by atoms with E-state index < -0.39 is 0 Å². The van der Waals surface area contributed by atoms with Crippen molar-refractivity contribution in [2.75, 3.05) is 13.2 Å². The van der Waals surface area contributed by atoms with Crippen LogP contribution in [0.5, 0.6) is 5.75 Å². The zero-order valence-electron chi connectivity index (χ0n) is 24.1. The van der Waals surface area contributed by atoms with E-state index in [0.29, 0.717) is 18.0 Å². The normalized spacial score (nSPS) is 18.2. The molecule has 0 radical (unpaired) electrons. The molecule has 3 aromatic carbocycles. The van der Waals surface area contributed by atoms with E-state index in [1.807, 2.05) is 0 Å². The summed E-state index contributed by atoms with van der Waals surface area (Å²) in [7, 11) is 0. The Bertz CT molecular complexity index is 1590. The molecular weight excluding hydrogens is 496 g/mol. The SMILES string of the molecule is CC(C)Cc1nnc(-c2ccc3[nH]nc(-c4ccc5cc(OCCCN6C(C)CCCC6C)ccc5c4)c3c2)[nH]1. The van der Waals surface area contributed by atoms with Crippen LogP contribution in [-0.2, 0) is 6.42 Å². The lowest BCUT2D eigenvalue weighted by molar-refractivity contribution is 0.0961. The third-order valence-corrected chi connectivity index (χ3v) is 8.26. The van der Waals surface area contributed by atoms with Gasteiger partial charge in [-0.3, -0.25) is 10.00 Å². The summed E-state index contributed by atoms with van der Waals surface area (Å²) in [6.07, 6.45) is 5.91. The predicted octanol–water partition coefficient (Wildman–Crippen LogP) is 7.40. The number of benzene rings is 3. The zero-order chi connectivity index (χ0) is 27.6. The number of aromatic nitrogens is 5. The number of H-pyrrole nitrogens is 2. The van der Waals surface area contributed by atoms with Gasteiger partial charge in [-0.1, -0.05) is 38.5 Å². The van der Waals surface area contributed by atoms with Gasteiger partial charge in [-0.2, -0.15) is 5.10 Å². The minimum atomic E-state index is 0.525. The summed E-state index contributed by atoms with van der Waals surface area (Å²) < 4.78 is 6.16. The maximum absolute atomic E-state index is 6.16. The molecule has 2 aromatic heterocycles. The second-order valence-electron chi connectivity index (χ2n) is 11.8. The maximum atomic E-state index is 6.16. The first-order chi connectivity index (χ1) is 19.4. The maximum Gasteiger partial charge on any atom is 0.161 e. The molecule has 2 atom stereocenters. The van der Waals surface area contributed by atoms with Crippen molar-refractivity contribution in [3.8, 4) is 28.4 Å². The third-order valence-electron chi connectivity index (χ3n) is 8.26. The Morgan fingerprint density at radius 2 is 1.70 bits per heavy atom. The third kappa shape index (κ3) is 5.61. The molecular formula is C33H40N6O. The molecule has 1 fully saturated rings. The minimum absolute atomic E-state index is 0.525. The highest BCUT2D eigenvalue weighted by atomic mass is 16.5. The highest BCUT2D eigenvalue weighted by Gasteiger charge is 2.23. The number of hydrogen-bond donors (Lipinski definition) is 2. The van der Waals surface area contributed by atoms with Crippen LogP contribution >= 0.6 is 0 Å². The number of fused-ring (bicyclic) bond motifs is 2. The first-order valence-electron chi connectivity index (χ1n) is 14.8. The molecule has 7 heteroatoms. The Labute approximate surface area is 236 Å². The van der Waals surface area contributed by atoms with Gasteiger partial charge in [0.1, 0.15) is 11.6 Å². The number of nitrogens with one attached hydrogen (secondary N) is 2. The molecule has 2 N–H and O–H groups in total. The van der Waals surface area contributed by atoms with E-state index in [4.69, 9.17) is 4.74 Å². The second kappa shape index (κ2) is 11.4. The number of ether oxygens (including phenoxy) is 1. The number of aromatic amines is 2. The van der Waals surface area contributed by atoms with Crippen molar-refractivity contribution in [1.82, 2.24) is 30.3 Å². The van der Waals surface area contributed by atoms with Gasteiger partial charge in [0.25, 0.3) is 0 Å². The van der Waals surface area contributed by atoms with Gasteiger partial charge < -0.3 is 9.72 Å². The van der Waals surface area contributed by atoms with E-state index in [1.165, 1.54) is 30.0 Å². The summed E-state index contributed by atoms with van der Waals surface area (Å²) in [6, 6.07) is 20.5. The molecule has 1 aliphatic heterocycles. The van der Waals surface area contributed by atoms with Crippen LogP contribution in [0.3, 0.4) is 0 Å². The molecule has 3 heterocycles. The van der Waals surface area contributed by atoms with E-state index in [-0.39, 0.29) is 0 Å². The van der Waals surface area contributed by atoms with Crippen molar-refractivity contribution >= 4 is 21.7 Å². The summed E-state index contributed by atoms with van der Waals surface area (Å²) >= 11 is 0. The molecule has 5 aromatic rings. The summed E-state index contributed by atoms with van der Waals surface area (Å²) in [5, 5.41) is 20.0. The number of piperidine rings is 1. The summed E-state index contributed by atoms with van der Waals surface area (Å²) in [5.74, 6) is 3.16. The Morgan fingerprint density at radius 3 is 2.52 bits per heavy atom. The van der Waals surface area contributed by atoms with Crippen LogP contribution in [0.25, 0.3) is 44.3 Å². The van der Waals surface area contributed by atoms with Crippen LogP contribution in [0.1, 0.15) is 59.2 Å². The molecule has 40 heavy (non-hydrogen) atoms. The van der Waals surface area contributed by atoms with Gasteiger partial charge in [-0.25, -0.2) is 0 Å². The van der Waals surface area contributed by atoms with Crippen molar-refractivity contribution in [3.63, 3.8) is 0 Å². The fourth-order valence-corrected chi connectivity index (χ4v) is 6.10. The van der Waals surface area contributed by atoms with Crippen molar-refractivity contribution in [1.29, 1.82) is 0 Å². The number of rotatable bonds is 9. The van der Waals surface area contributed by atoms with Crippen molar-refractivity contribution in [3.05, 3.63) is 60.4 Å². The van der Waals surface area contributed by atoms with Crippen molar-refractivity contribution < 1.29 is 4.74 Å². The fraction of sp³-hybridized carbons (Fsp3) is 0.424. The van der Waals surface area contributed by atoms with E-state index in [1.54, 1.807) is 0 Å². The van der Waals surface area contributed by atoms with Crippen LogP contribution in [-0.4, -0.2) is 55.5 Å². The van der Waals surface area contributed by atoms with Gasteiger partial charge in [0.2, 0.25) is 0 Å². The fourth-order valence-electron chi connectivity index (χ4n) is 6.10. The Hall–Kier alpha value is -3.71. The molecule has 0 aliphatic carbocycles. The summed E-state index contributed by atoms with van der Waals surface area (Å²) in [4.78, 5) is 6.02. The molecule has 0 amide bonds. The first-order valence-corrected chi connectivity index (χ1v) is 14.8.